The third kappa shape index (κ3) is 4.01. The minimum Gasteiger partial charge on any atom is -0.480 e. The third-order valence-corrected chi connectivity index (χ3v) is 3.48. The van der Waals surface area contributed by atoms with Crippen LogP contribution in [0.15, 0.2) is 24.3 Å². The predicted molar refractivity (Wildman–Crippen MR) is 75.9 cm³/mol. The summed E-state index contributed by atoms with van der Waals surface area (Å²) in [7, 11) is 1.43. The minimum absolute atomic E-state index is 0.0285. The average molecular weight is 294 g/mol. The van der Waals surface area contributed by atoms with Gasteiger partial charge in [-0.2, -0.15) is 0 Å². The first-order chi connectivity index (χ1) is 9.66. The van der Waals surface area contributed by atoms with Crippen molar-refractivity contribution in [2.24, 2.45) is 0 Å². The summed E-state index contributed by atoms with van der Waals surface area (Å²) in [6.45, 7) is 2.89. The lowest BCUT2D eigenvalue weighted by molar-refractivity contribution is -0.384. The van der Waals surface area contributed by atoms with E-state index in [9.17, 15) is 19.7 Å². The lowest BCUT2D eigenvalue weighted by atomic mass is 10.0. The van der Waals surface area contributed by atoms with Crippen LogP contribution in [0.5, 0.6) is 0 Å². The highest BCUT2D eigenvalue weighted by Crippen LogP contribution is 2.17. The number of non-ortho nitro benzene ring substituents is 1. The van der Waals surface area contributed by atoms with Crippen molar-refractivity contribution in [1.82, 2.24) is 4.90 Å². The number of carbonyl (C=O) groups is 2. The van der Waals surface area contributed by atoms with Crippen molar-refractivity contribution in [3.8, 4) is 0 Å². The Morgan fingerprint density at radius 3 is 2.52 bits per heavy atom. The standard InChI is InChI=1S/C14H18N2O5/c1-14(2,13(18)19)15(3)12(17)8-7-10-5-4-6-11(9-10)16(20)21/h4-6,9H,7-8H2,1-3H3,(H,18,19). The van der Waals surface area contributed by atoms with Gasteiger partial charge in [-0.15, -0.1) is 0 Å². The number of hydrogen-bond acceptors (Lipinski definition) is 4. The maximum absolute atomic E-state index is 12.0. The Kier molecular flexibility index (Phi) is 5.02. The number of hydrogen-bond donors (Lipinski definition) is 1. The number of nitrogens with zero attached hydrogens (tertiary/aromatic N) is 2. The van der Waals surface area contributed by atoms with E-state index in [1.807, 2.05) is 0 Å². The number of carboxylic acid groups (broad SMARTS) is 1. The lowest BCUT2D eigenvalue weighted by Crippen LogP contribution is -2.50. The van der Waals surface area contributed by atoms with Crippen LogP contribution in [-0.4, -0.2) is 39.4 Å². The molecule has 114 valence electrons. The Labute approximate surface area is 122 Å². The molecule has 1 N–H and O–H groups in total. The maximum Gasteiger partial charge on any atom is 0.329 e. The van der Waals surface area contributed by atoms with E-state index in [0.29, 0.717) is 12.0 Å². The summed E-state index contributed by atoms with van der Waals surface area (Å²) in [5.74, 6) is -1.41. The van der Waals surface area contributed by atoms with Crippen LogP contribution in [0.2, 0.25) is 0 Å². The van der Waals surface area contributed by atoms with E-state index in [4.69, 9.17) is 5.11 Å². The van der Waals surface area contributed by atoms with Crippen molar-refractivity contribution in [2.45, 2.75) is 32.2 Å². The van der Waals surface area contributed by atoms with Crippen molar-refractivity contribution in [2.75, 3.05) is 7.05 Å². The first-order valence-corrected chi connectivity index (χ1v) is 6.39. The van der Waals surface area contributed by atoms with Gasteiger partial charge in [-0.3, -0.25) is 14.9 Å². The molecule has 0 spiro atoms. The van der Waals surface area contributed by atoms with Crippen LogP contribution in [0.1, 0.15) is 25.8 Å². The van der Waals surface area contributed by atoms with E-state index in [-0.39, 0.29) is 18.0 Å². The highest BCUT2D eigenvalue weighted by atomic mass is 16.6. The number of carbonyl (C=O) groups excluding carboxylic acids is 1. The van der Waals surface area contributed by atoms with Crippen molar-refractivity contribution in [1.29, 1.82) is 0 Å². The maximum atomic E-state index is 12.0. The number of aliphatic carboxylic acids is 1. The summed E-state index contributed by atoms with van der Waals surface area (Å²) in [6, 6.07) is 6.05. The molecule has 0 heterocycles. The van der Waals surface area contributed by atoms with E-state index < -0.39 is 16.4 Å². The molecule has 0 aliphatic carbocycles. The molecule has 0 radical (unpaired) electrons. The quantitative estimate of drug-likeness (QED) is 0.637. The van der Waals surface area contributed by atoms with Crippen LogP contribution in [0.3, 0.4) is 0 Å². The van der Waals surface area contributed by atoms with Crippen LogP contribution in [0.25, 0.3) is 0 Å². The van der Waals surface area contributed by atoms with Gasteiger partial charge in [-0.1, -0.05) is 12.1 Å². The number of nitro groups is 1. The van der Waals surface area contributed by atoms with Crippen molar-refractivity contribution in [3.63, 3.8) is 0 Å². The molecule has 0 aromatic heterocycles. The van der Waals surface area contributed by atoms with Crippen LogP contribution >= 0.6 is 0 Å². The molecular weight excluding hydrogens is 276 g/mol. The van der Waals surface area contributed by atoms with Gasteiger partial charge in [0.2, 0.25) is 5.91 Å². The Bertz CT molecular complexity index is 568. The Hall–Kier alpha value is -2.44. The summed E-state index contributed by atoms with van der Waals surface area (Å²) < 4.78 is 0. The van der Waals surface area contributed by atoms with Gasteiger partial charge in [-0.25, -0.2) is 4.79 Å². The molecule has 1 aromatic rings. The number of benzene rings is 1. The van der Waals surface area contributed by atoms with Gasteiger partial charge >= 0.3 is 5.97 Å². The number of likely N-dealkylation sites (N-methyl/N-ethyl adjacent to an activating group) is 1. The highest BCUT2D eigenvalue weighted by molar-refractivity contribution is 5.86. The average Bonchev–Trinajstić information content (AvgIpc) is 2.43. The SMILES string of the molecule is CN(C(=O)CCc1cccc([N+](=O)[O-])c1)C(C)(C)C(=O)O. The Balaban J connectivity index is 2.71. The fraction of sp³-hybridized carbons (Fsp3) is 0.429. The summed E-state index contributed by atoms with van der Waals surface area (Å²) in [6.07, 6.45) is 0.412. The molecule has 1 rings (SSSR count). The molecule has 1 aromatic carbocycles. The number of amides is 1. The molecule has 1 amide bonds. The van der Waals surface area contributed by atoms with Crippen LogP contribution < -0.4 is 0 Å². The molecule has 0 bridgehead atoms. The van der Waals surface area contributed by atoms with Gasteiger partial charge in [0.15, 0.2) is 0 Å². The number of carboxylic acids is 1. The second-order valence-electron chi connectivity index (χ2n) is 5.24. The molecule has 0 saturated heterocycles. The molecule has 0 fully saturated rings. The number of rotatable bonds is 6. The summed E-state index contributed by atoms with van der Waals surface area (Å²) in [5.41, 5.74) is -0.655. The Morgan fingerprint density at radius 2 is 2.00 bits per heavy atom. The molecule has 7 heteroatoms. The summed E-state index contributed by atoms with van der Waals surface area (Å²) in [4.78, 5) is 34.5. The molecule has 0 unspecified atom stereocenters. The van der Waals surface area contributed by atoms with Crippen molar-refractivity contribution < 1.29 is 19.6 Å². The first-order valence-electron chi connectivity index (χ1n) is 6.39. The van der Waals surface area contributed by atoms with Gasteiger partial charge in [0.25, 0.3) is 5.69 Å². The number of nitro benzene ring substituents is 1. The summed E-state index contributed by atoms with van der Waals surface area (Å²) in [5, 5.41) is 19.7. The highest BCUT2D eigenvalue weighted by Gasteiger charge is 2.34. The van der Waals surface area contributed by atoms with Crippen LogP contribution in [-0.2, 0) is 16.0 Å². The van der Waals surface area contributed by atoms with Gasteiger partial charge in [0, 0.05) is 25.6 Å². The molecule has 0 saturated carbocycles. The molecule has 0 atom stereocenters. The van der Waals surface area contributed by atoms with E-state index in [2.05, 4.69) is 0 Å². The van der Waals surface area contributed by atoms with Crippen molar-refractivity contribution >= 4 is 17.6 Å². The van der Waals surface area contributed by atoms with Gasteiger partial charge in [-0.05, 0) is 25.8 Å². The Morgan fingerprint density at radius 1 is 1.38 bits per heavy atom. The van der Waals surface area contributed by atoms with Crippen LogP contribution in [0.4, 0.5) is 5.69 Å². The van der Waals surface area contributed by atoms with E-state index in [1.54, 1.807) is 12.1 Å². The second kappa shape index (κ2) is 6.34. The second-order valence-corrected chi connectivity index (χ2v) is 5.24. The normalized spacial score (nSPS) is 11.0. The van der Waals surface area contributed by atoms with E-state index in [0.717, 1.165) is 0 Å². The lowest BCUT2D eigenvalue weighted by Gasteiger charge is -2.31. The summed E-state index contributed by atoms with van der Waals surface area (Å²) >= 11 is 0. The zero-order valence-electron chi connectivity index (χ0n) is 12.2. The van der Waals surface area contributed by atoms with Crippen LogP contribution in [0, 0.1) is 10.1 Å². The molecule has 7 nitrogen and oxygen atoms in total. The molecule has 21 heavy (non-hydrogen) atoms. The van der Waals surface area contributed by atoms with Gasteiger partial charge in [0.1, 0.15) is 5.54 Å². The minimum atomic E-state index is -1.29. The van der Waals surface area contributed by atoms with E-state index >= 15 is 0 Å². The zero-order chi connectivity index (χ0) is 16.2. The fourth-order valence-electron chi connectivity index (χ4n) is 1.70. The third-order valence-electron chi connectivity index (χ3n) is 3.48. The van der Waals surface area contributed by atoms with Gasteiger partial charge < -0.3 is 10.0 Å². The fourth-order valence-corrected chi connectivity index (χ4v) is 1.70. The topological polar surface area (TPSA) is 101 Å². The predicted octanol–water partition coefficient (Wildman–Crippen LogP) is 1.85. The van der Waals surface area contributed by atoms with Gasteiger partial charge in [0.05, 0.1) is 4.92 Å². The van der Waals surface area contributed by atoms with Crippen molar-refractivity contribution in [3.05, 3.63) is 39.9 Å². The largest absolute Gasteiger partial charge is 0.480 e. The smallest absolute Gasteiger partial charge is 0.329 e. The number of aryl methyl sites for hydroxylation is 1. The zero-order valence-corrected chi connectivity index (χ0v) is 12.2. The first kappa shape index (κ1) is 16.6. The van der Waals surface area contributed by atoms with E-state index in [1.165, 1.54) is 37.9 Å². The molecule has 0 aliphatic rings. The molecule has 0 aliphatic heterocycles. The monoisotopic (exact) mass is 294 g/mol. The molecular formula is C14H18N2O5.